The molecule has 0 amide bonds. The van der Waals surface area contributed by atoms with E-state index in [4.69, 9.17) is 5.84 Å². The summed E-state index contributed by atoms with van der Waals surface area (Å²) < 4.78 is 61.5. The second-order valence-electron chi connectivity index (χ2n) is 4.78. The fourth-order valence-corrected chi connectivity index (χ4v) is 3.93. The molecule has 1 fully saturated rings. The van der Waals surface area contributed by atoms with Crippen LogP contribution in [0.5, 0.6) is 0 Å². The molecule has 10 heteroatoms. The van der Waals surface area contributed by atoms with Crippen molar-refractivity contribution in [3.8, 4) is 0 Å². The highest BCUT2D eigenvalue weighted by atomic mass is 32.2. The van der Waals surface area contributed by atoms with Gasteiger partial charge in [0.25, 0.3) is 0 Å². The number of halogens is 3. The van der Waals surface area contributed by atoms with E-state index in [9.17, 15) is 21.6 Å². The average Bonchev–Trinajstić information content (AvgIpc) is 2.74. The van der Waals surface area contributed by atoms with Crippen molar-refractivity contribution in [3.63, 3.8) is 0 Å². The van der Waals surface area contributed by atoms with Gasteiger partial charge in [-0.3, -0.25) is 0 Å². The van der Waals surface area contributed by atoms with Crippen LogP contribution in [0.25, 0.3) is 0 Å². The minimum absolute atomic E-state index is 0.0284. The monoisotopic (exact) mass is 324 g/mol. The first-order valence-electron chi connectivity index (χ1n) is 6.24. The summed E-state index contributed by atoms with van der Waals surface area (Å²) in [6.45, 7) is 0.0284. The predicted molar refractivity (Wildman–Crippen MR) is 72.3 cm³/mol. The molecule has 1 aromatic rings. The Hall–Kier alpha value is -1.55. The van der Waals surface area contributed by atoms with Crippen molar-refractivity contribution in [1.29, 1.82) is 0 Å². The molecular weight excluding hydrogens is 309 g/mol. The number of alkyl halides is 3. The smallest absolute Gasteiger partial charge is 0.369 e. The van der Waals surface area contributed by atoms with E-state index in [0.29, 0.717) is 12.8 Å². The lowest BCUT2D eigenvalue weighted by Crippen LogP contribution is -2.25. The lowest BCUT2D eigenvalue weighted by atomic mass is 10.2. The molecule has 2 heterocycles. The fourth-order valence-electron chi connectivity index (χ4n) is 2.16. The van der Waals surface area contributed by atoms with Crippen LogP contribution in [0.2, 0.25) is 0 Å². The van der Waals surface area contributed by atoms with E-state index in [2.05, 4.69) is 15.7 Å². The topological polar surface area (TPSA) is 97.1 Å². The standard InChI is InChI=1S/C11H15F3N4O2S/c12-11(13,14)7-4-9(17-10(5-7)18-15)16-6-8-2-1-3-21(8,19)20/h4-5,8H,1-3,6,15H2,(H2,16,17,18). The summed E-state index contributed by atoms with van der Waals surface area (Å²) in [4.78, 5) is 3.83. The summed E-state index contributed by atoms with van der Waals surface area (Å²) in [5.41, 5.74) is 1.14. The summed E-state index contributed by atoms with van der Waals surface area (Å²) in [6.07, 6.45) is -3.47. The first-order valence-corrected chi connectivity index (χ1v) is 7.95. The molecule has 21 heavy (non-hydrogen) atoms. The highest BCUT2D eigenvalue weighted by molar-refractivity contribution is 7.92. The largest absolute Gasteiger partial charge is 0.416 e. The lowest BCUT2D eigenvalue weighted by Gasteiger charge is -2.14. The minimum Gasteiger partial charge on any atom is -0.369 e. The van der Waals surface area contributed by atoms with E-state index in [1.165, 1.54) is 0 Å². The summed E-state index contributed by atoms with van der Waals surface area (Å²) in [5, 5.41) is 2.05. The van der Waals surface area contributed by atoms with Crippen LogP contribution in [0.3, 0.4) is 0 Å². The molecule has 0 aromatic carbocycles. The number of hydrogen-bond donors (Lipinski definition) is 3. The maximum absolute atomic E-state index is 12.7. The van der Waals surface area contributed by atoms with Crippen LogP contribution in [0.15, 0.2) is 12.1 Å². The fraction of sp³-hybridized carbons (Fsp3) is 0.545. The summed E-state index contributed by atoms with van der Waals surface area (Å²) in [6, 6.07) is 1.60. The number of nitrogens with zero attached hydrogens (tertiary/aromatic N) is 1. The molecule has 1 atom stereocenters. The van der Waals surface area contributed by atoms with E-state index in [1.54, 1.807) is 0 Å². The first kappa shape index (κ1) is 15.8. The zero-order valence-electron chi connectivity index (χ0n) is 10.9. The van der Waals surface area contributed by atoms with E-state index in [0.717, 1.165) is 12.1 Å². The Kier molecular flexibility index (Phi) is 4.28. The highest BCUT2D eigenvalue weighted by Crippen LogP contribution is 2.32. The SMILES string of the molecule is NNc1cc(C(F)(F)F)cc(NCC2CCCS2(=O)=O)n1. The van der Waals surface area contributed by atoms with Crippen LogP contribution in [-0.4, -0.2) is 30.9 Å². The van der Waals surface area contributed by atoms with Gasteiger partial charge in [0, 0.05) is 6.54 Å². The number of rotatable bonds is 4. The number of nitrogens with two attached hydrogens (primary N) is 1. The van der Waals surface area contributed by atoms with Gasteiger partial charge in [0.1, 0.15) is 11.6 Å². The molecule has 1 aliphatic rings. The molecule has 0 saturated carbocycles. The Balaban J connectivity index is 2.16. The molecule has 2 rings (SSSR count). The van der Waals surface area contributed by atoms with Crippen LogP contribution >= 0.6 is 0 Å². The Morgan fingerprint density at radius 2 is 2.00 bits per heavy atom. The van der Waals surface area contributed by atoms with E-state index in [1.807, 2.05) is 0 Å². The molecule has 4 N–H and O–H groups in total. The maximum Gasteiger partial charge on any atom is 0.416 e. The number of sulfone groups is 1. The van der Waals surface area contributed by atoms with Gasteiger partial charge < -0.3 is 10.7 Å². The molecule has 6 nitrogen and oxygen atoms in total. The molecule has 0 radical (unpaired) electrons. The number of hydrogen-bond acceptors (Lipinski definition) is 6. The maximum atomic E-state index is 12.7. The van der Waals surface area contributed by atoms with Crippen LogP contribution in [-0.2, 0) is 16.0 Å². The molecule has 0 bridgehead atoms. The van der Waals surface area contributed by atoms with Crippen LogP contribution in [0.4, 0.5) is 24.8 Å². The third-order valence-electron chi connectivity index (χ3n) is 3.27. The van der Waals surface area contributed by atoms with Gasteiger partial charge >= 0.3 is 6.18 Å². The molecule has 1 unspecified atom stereocenters. The van der Waals surface area contributed by atoms with Gasteiger partial charge in [-0.15, -0.1) is 0 Å². The van der Waals surface area contributed by atoms with Crippen molar-refractivity contribution in [1.82, 2.24) is 4.98 Å². The normalized spacial score (nSPS) is 21.2. The third-order valence-corrected chi connectivity index (χ3v) is 5.55. The second-order valence-corrected chi connectivity index (χ2v) is 7.18. The number of pyridine rings is 1. The number of nitrogen functional groups attached to an aromatic ring is 1. The Labute approximate surface area is 119 Å². The van der Waals surface area contributed by atoms with E-state index in [-0.39, 0.29) is 23.9 Å². The number of hydrazine groups is 1. The van der Waals surface area contributed by atoms with Gasteiger partial charge in [0.2, 0.25) is 0 Å². The van der Waals surface area contributed by atoms with Gasteiger partial charge in [-0.2, -0.15) is 13.2 Å². The molecule has 1 aliphatic heterocycles. The van der Waals surface area contributed by atoms with Gasteiger partial charge in [-0.25, -0.2) is 19.2 Å². The molecule has 0 spiro atoms. The highest BCUT2D eigenvalue weighted by Gasteiger charge is 2.33. The number of aromatic nitrogens is 1. The number of anilines is 2. The summed E-state index contributed by atoms with van der Waals surface area (Å²) in [7, 11) is -3.16. The quantitative estimate of drug-likeness (QED) is 0.572. The van der Waals surface area contributed by atoms with Crippen molar-refractivity contribution in [3.05, 3.63) is 17.7 Å². The third kappa shape index (κ3) is 3.76. The average molecular weight is 324 g/mol. The zero-order valence-corrected chi connectivity index (χ0v) is 11.8. The Morgan fingerprint density at radius 1 is 1.33 bits per heavy atom. The second kappa shape index (κ2) is 5.68. The van der Waals surface area contributed by atoms with E-state index < -0.39 is 26.8 Å². The Bertz CT molecular complexity index is 618. The molecule has 118 valence electrons. The van der Waals surface area contributed by atoms with Crippen molar-refractivity contribution in [2.45, 2.75) is 24.3 Å². The van der Waals surface area contributed by atoms with Crippen molar-refractivity contribution < 1.29 is 21.6 Å². The Morgan fingerprint density at radius 3 is 2.52 bits per heavy atom. The van der Waals surface area contributed by atoms with Gasteiger partial charge in [0.05, 0.1) is 16.6 Å². The van der Waals surface area contributed by atoms with Crippen LogP contribution in [0.1, 0.15) is 18.4 Å². The summed E-state index contributed by atoms with van der Waals surface area (Å²) in [5.74, 6) is 4.98. The van der Waals surface area contributed by atoms with Gasteiger partial charge in [-0.05, 0) is 25.0 Å². The molecular formula is C11H15F3N4O2S. The minimum atomic E-state index is -4.54. The van der Waals surface area contributed by atoms with Crippen LogP contribution in [0, 0.1) is 0 Å². The van der Waals surface area contributed by atoms with Crippen molar-refractivity contribution >= 4 is 21.5 Å². The summed E-state index contributed by atoms with van der Waals surface area (Å²) >= 11 is 0. The zero-order chi connectivity index (χ0) is 15.7. The lowest BCUT2D eigenvalue weighted by molar-refractivity contribution is -0.137. The molecule has 1 aromatic heterocycles. The van der Waals surface area contributed by atoms with Crippen molar-refractivity contribution in [2.24, 2.45) is 5.84 Å². The van der Waals surface area contributed by atoms with Crippen molar-refractivity contribution in [2.75, 3.05) is 23.0 Å². The van der Waals surface area contributed by atoms with Gasteiger partial charge in [-0.1, -0.05) is 0 Å². The number of nitrogens with one attached hydrogen (secondary N) is 2. The van der Waals surface area contributed by atoms with Gasteiger partial charge in [0.15, 0.2) is 9.84 Å². The van der Waals surface area contributed by atoms with Crippen LogP contribution < -0.4 is 16.6 Å². The molecule has 1 saturated heterocycles. The first-order chi connectivity index (χ1) is 9.72. The predicted octanol–water partition coefficient (Wildman–Crippen LogP) is 1.38. The van der Waals surface area contributed by atoms with E-state index >= 15 is 0 Å². The molecule has 0 aliphatic carbocycles.